The minimum Gasteiger partial charge on any atom is -0.477 e. The van der Waals surface area contributed by atoms with E-state index in [0.29, 0.717) is 35.9 Å². The van der Waals surface area contributed by atoms with E-state index in [1.807, 2.05) is 36.2 Å². The Morgan fingerprint density at radius 3 is 2.68 bits per heavy atom. The van der Waals surface area contributed by atoms with E-state index in [1.165, 1.54) is 12.4 Å². The zero-order chi connectivity index (χ0) is 26.4. The van der Waals surface area contributed by atoms with Crippen molar-refractivity contribution in [2.24, 2.45) is 16.8 Å². The maximum Gasteiger partial charge on any atom is 0.280 e. The number of amides is 1. The summed E-state index contributed by atoms with van der Waals surface area (Å²) in [6, 6.07) is 11.2. The van der Waals surface area contributed by atoms with Crippen LogP contribution in [-0.2, 0) is 10.0 Å². The molecule has 1 fully saturated rings. The summed E-state index contributed by atoms with van der Waals surface area (Å²) >= 11 is 0. The Morgan fingerprint density at radius 2 is 1.89 bits per heavy atom. The maximum atomic E-state index is 13.4. The average Bonchev–Trinajstić information content (AvgIpc) is 3.54. The standard InChI is InChI=1S/C27H30N6O4S/c1-18-6-5-13-37-26-21(15-29-33(26)38(35,36)17-19-9-10-19)22-14-20(11-12-28-22)25(34)30-27-31(2)23-7-3-4-8-24(23)32(27)16-18/h3-4,7-8,11-12,14-15,18-19H,5-6,9-10,13,16-17H2,1-2H3/t18-/m1/s1. The Labute approximate surface area is 222 Å². The number of aromatic nitrogens is 3. The molecule has 10 nitrogen and oxygen atoms in total. The number of carbonyl (C=O) groups excluding carboxylic acids is 1. The van der Waals surface area contributed by atoms with Crippen LogP contribution >= 0.6 is 0 Å². The first kappa shape index (κ1) is 24.6. The largest absolute Gasteiger partial charge is 0.477 e. The third-order valence-corrected chi connectivity index (χ3v) is 8.92. The summed E-state index contributed by atoms with van der Waals surface area (Å²) in [5, 5.41) is 4.20. The number of guanidine groups is 1. The van der Waals surface area contributed by atoms with Gasteiger partial charge in [-0.3, -0.25) is 9.78 Å². The van der Waals surface area contributed by atoms with E-state index in [-0.39, 0.29) is 23.5 Å². The molecule has 1 saturated carbocycles. The molecule has 1 aromatic carbocycles. The lowest BCUT2D eigenvalue weighted by molar-refractivity contribution is 0.100. The molecule has 4 heterocycles. The van der Waals surface area contributed by atoms with Crippen LogP contribution in [0.4, 0.5) is 11.4 Å². The predicted octanol–water partition coefficient (Wildman–Crippen LogP) is 3.79. The Hall–Kier alpha value is -3.73. The molecule has 198 valence electrons. The number of nitrogens with zero attached hydrogens (tertiary/aromatic N) is 6. The molecule has 0 spiro atoms. The molecule has 1 amide bonds. The number of anilines is 2. The summed E-state index contributed by atoms with van der Waals surface area (Å²) in [5.74, 6) is 0.772. The molecule has 1 aliphatic carbocycles. The maximum absolute atomic E-state index is 13.4. The van der Waals surface area contributed by atoms with Gasteiger partial charge in [-0.25, -0.2) is 8.42 Å². The summed E-state index contributed by atoms with van der Waals surface area (Å²) in [4.78, 5) is 26.4. The summed E-state index contributed by atoms with van der Waals surface area (Å²) in [7, 11) is -1.77. The number of para-hydroxylation sites is 2. The van der Waals surface area contributed by atoms with Crippen LogP contribution in [0.1, 0.15) is 43.0 Å². The molecule has 0 radical (unpaired) electrons. The number of benzene rings is 1. The topological polar surface area (TPSA) is 110 Å². The molecule has 3 aromatic rings. The Balaban J connectivity index is 1.42. The van der Waals surface area contributed by atoms with Crippen LogP contribution in [0.5, 0.6) is 5.88 Å². The van der Waals surface area contributed by atoms with Gasteiger partial charge >= 0.3 is 0 Å². The van der Waals surface area contributed by atoms with E-state index in [9.17, 15) is 13.2 Å². The number of fused-ring (bicyclic) bond motifs is 7. The molecule has 2 bridgehead atoms. The molecule has 0 N–H and O–H groups in total. The summed E-state index contributed by atoms with van der Waals surface area (Å²) in [6.45, 7) is 3.16. The Bertz CT molecular complexity index is 1530. The van der Waals surface area contributed by atoms with Gasteiger partial charge in [-0.1, -0.05) is 19.1 Å². The van der Waals surface area contributed by atoms with Crippen molar-refractivity contribution in [1.29, 1.82) is 0 Å². The lowest BCUT2D eigenvalue weighted by atomic mass is 10.1. The highest BCUT2D eigenvalue weighted by atomic mass is 32.2. The Morgan fingerprint density at radius 1 is 1.11 bits per heavy atom. The van der Waals surface area contributed by atoms with Crippen LogP contribution in [0.3, 0.4) is 0 Å². The lowest BCUT2D eigenvalue weighted by Gasteiger charge is -2.24. The molecule has 2 aliphatic heterocycles. The van der Waals surface area contributed by atoms with Crippen molar-refractivity contribution in [3.8, 4) is 17.1 Å². The molecule has 2 aromatic heterocycles. The molecule has 1 atom stereocenters. The normalized spacial score (nSPS) is 20.0. The highest BCUT2D eigenvalue weighted by Gasteiger charge is 2.34. The molecule has 6 rings (SSSR count). The monoisotopic (exact) mass is 534 g/mol. The molecule has 0 unspecified atom stereocenters. The van der Waals surface area contributed by atoms with Gasteiger partial charge in [-0.15, -0.1) is 4.09 Å². The van der Waals surface area contributed by atoms with Crippen LogP contribution in [0.2, 0.25) is 0 Å². The van der Waals surface area contributed by atoms with Crippen LogP contribution < -0.4 is 14.5 Å². The summed E-state index contributed by atoms with van der Waals surface area (Å²) in [6.07, 6.45) is 6.35. The van der Waals surface area contributed by atoms with Gasteiger partial charge in [0.05, 0.1) is 41.2 Å². The van der Waals surface area contributed by atoms with E-state index >= 15 is 0 Å². The van der Waals surface area contributed by atoms with Crippen molar-refractivity contribution in [2.75, 3.05) is 35.8 Å². The van der Waals surface area contributed by atoms with Crippen molar-refractivity contribution >= 4 is 33.3 Å². The van der Waals surface area contributed by atoms with Crippen molar-refractivity contribution in [2.45, 2.75) is 32.6 Å². The zero-order valence-electron chi connectivity index (χ0n) is 21.4. The first-order valence-electron chi connectivity index (χ1n) is 13.0. The fraction of sp³-hybridized carbons (Fsp3) is 0.407. The van der Waals surface area contributed by atoms with Crippen molar-refractivity contribution in [1.82, 2.24) is 14.2 Å². The van der Waals surface area contributed by atoms with E-state index < -0.39 is 15.9 Å². The number of pyridine rings is 1. The highest BCUT2D eigenvalue weighted by Crippen LogP contribution is 2.38. The second kappa shape index (κ2) is 9.54. The number of hydrogen-bond donors (Lipinski definition) is 0. The predicted molar refractivity (Wildman–Crippen MR) is 145 cm³/mol. The first-order valence-corrected chi connectivity index (χ1v) is 14.6. The highest BCUT2D eigenvalue weighted by molar-refractivity contribution is 7.89. The number of hydrogen-bond acceptors (Lipinski definition) is 8. The van der Waals surface area contributed by atoms with Crippen molar-refractivity contribution in [3.63, 3.8) is 0 Å². The third kappa shape index (κ3) is 4.55. The van der Waals surface area contributed by atoms with E-state index in [1.54, 1.807) is 12.1 Å². The van der Waals surface area contributed by atoms with Gasteiger partial charge in [0.1, 0.15) is 0 Å². The first-order chi connectivity index (χ1) is 18.3. The Kier molecular flexibility index (Phi) is 6.17. The number of aliphatic imine (C=N–C) groups is 1. The van der Waals surface area contributed by atoms with E-state index in [2.05, 4.69) is 26.9 Å². The molecule has 38 heavy (non-hydrogen) atoms. The van der Waals surface area contributed by atoms with Crippen LogP contribution in [0.15, 0.2) is 53.8 Å². The minimum absolute atomic E-state index is 0.0375. The smallest absolute Gasteiger partial charge is 0.280 e. The van der Waals surface area contributed by atoms with Crippen molar-refractivity contribution in [3.05, 3.63) is 54.4 Å². The molecule has 11 heteroatoms. The quantitative estimate of drug-likeness (QED) is 0.499. The van der Waals surface area contributed by atoms with E-state index in [4.69, 9.17) is 4.74 Å². The van der Waals surface area contributed by atoms with Gasteiger partial charge in [-0.05, 0) is 61.8 Å². The fourth-order valence-corrected chi connectivity index (χ4v) is 6.70. The number of carbonyl (C=O) groups is 1. The van der Waals surface area contributed by atoms with Gasteiger partial charge < -0.3 is 14.5 Å². The summed E-state index contributed by atoms with van der Waals surface area (Å²) < 4.78 is 33.4. The molecule has 0 saturated heterocycles. The summed E-state index contributed by atoms with van der Waals surface area (Å²) in [5.41, 5.74) is 3.19. The van der Waals surface area contributed by atoms with Gasteiger partial charge in [0.15, 0.2) is 0 Å². The molecular formula is C27H30N6O4S. The zero-order valence-corrected chi connectivity index (χ0v) is 22.3. The van der Waals surface area contributed by atoms with Gasteiger partial charge in [0.25, 0.3) is 15.9 Å². The fourth-order valence-electron chi connectivity index (χ4n) is 5.04. The minimum atomic E-state index is -3.69. The van der Waals surface area contributed by atoms with Gasteiger partial charge in [0, 0.05) is 25.4 Å². The average molecular weight is 535 g/mol. The third-order valence-electron chi connectivity index (χ3n) is 7.24. The van der Waals surface area contributed by atoms with Crippen LogP contribution in [0.25, 0.3) is 11.3 Å². The number of ether oxygens (including phenoxy) is 1. The molecule has 3 aliphatic rings. The SMILES string of the molecule is C[C@@H]1CCCOc2c(cnn2S(=O)(=O)CC2CC2)-c2cc(ccn2)C(=O)N=C2N(C)c3ccccc3N2C1. The van der Waals surface area contributed by atoms with Crippen LogP contribution in [0, 0.1) is 11.8 Å². The lowest BCUT2D eigenvalue weighted by Crippen LogP contribution is -2.39. The van der Waals surface area contributed by atoms with Crippen LogP contribution in [-0.4, -0.2) is 60.4 Å². The second-order valence-corrected chi connectivity index (χ2v) is 12.2. The molecular weight excluding hydrogens is 504 g/mol. The van der Waals surface area contributed by atoms with Gasteiger partial charge in [0.2, 0.25) is 11.8 Å². The van der Waals surface area contributed by atoms with E-state index in [0.717, 1.165) is 41.1 Å². The van der Waals surface area contributed by atoms with Gasteiger partial charge in [-0.2, -0.15) is 10.1 Å². The number of rotatable bonds is 3. The van der Waals surface area contributed by atoms with Crippen molar-refractivity contribution < 1.29 is 17.9 Å². The second-order valence-electron chi connectivity index (χ2n) is 10.3.